The molecule has 1 aliphatic heterocycles. The standard InChI is InChI=1S/C13H16O3S/c14-13(6-7-17(15,16)9-13)12-5-4-10-2-1-3-11(10)8-12/h4-5,8,14H,1-3,6-7,9H2. The molecule has 1 saturated heterocycles. The van der Waals surface area contributed by atoms with Crippen LogP contribution in [0.5, 0.6) is 0 Å². The Kier molecular flexibility index (Phi) is 2.35. The van der Waals surface area contributed by atoms with E-state index in [9.17, 15) is 13.5 Å². The summed E-state index contributed by atoms with van der Waals surface area (Å²) >= 11 is 0. The Bertz CT molecular complexity index is 562. The minimum atomic E-state index is -3.07. The van der Waals surface area contributed by atoms with Crippen LogP contribution in [0.1, 0.15) is 29.5 Å². The van der Waals surface area contributed by atoms with Crippen molar-refractivity contribution in [3.8, 4) is 0 Å². The van der Waals surface area contributed by atoms with Crippen LogP contribution in [0.25, 0.3) is 0 Å². The topological polar surface area (TPSA) is 54.4 Å². The zero-order valence-electron chi connectivity index (χ0n) is 9.65. The Morgan fingerprint density at radius 1 is 1.18 bits per heavy atom. The molecule has 1 unspecified atom stereocenters. The molecule has 1 heterocycles. The van der Waals surface area contributed by atoms with E-state index < -0.39 is 15.4 Å². The lowest BCUT2D eigenvalue weighted by atomic mass is 9.91. The van der Waals surface area contributed by atoms with Crippen molar-refractivity contribution in [2.24, 2.45) is 0 Å². The predicted octanol–water partition coefficient (Wildman–Crippen LogP) is 1.18. The molecule has 2 aliphatic rings. The maximum absolute atomic E-state index is 11.5. The Morgan fingerprint density at radius 2 is 1.94 bits per heavy atom. The van der Waals surface area contributed by atoms with Gasteiger partial charge in [0.15, 0.2) is 9.84 Å². The number of aliphatic hydroxyl groups is 1. The maximum atomic E-state index is 11.5. The highest BCUT2D eigenvalue weighted by molar-refractivity contribution is 7.91. The van der Waals surface area contributed by atoms with Crippen molar-refractivity contribution < 1.29 is 13.5 Å². The molecule has 1 atom stereocenters. The first-order chi connectivity index (χ1) is 7.99. The van der Waals surface area contributed by atoms with Crippen molar-refractivity contribution in [2.75, 3.05) is 11.5 Å². The Hall–Kier alpha value is -0.870. The molecule has 0 spiro atoms. The highest BCUT2D eigenvalue weighted by Gasteiger charge is 2.42. The molecule has 0 aromatic heterocycles. The first-order valence-electron chi connectivity index (χ1n) is 6.04. The van der Waals surface area contributed by atoms with E-state index in [-0.39, 0.29) is 11.5 Å². The molecule has 1 fully saturated rings. The van der Waals surface area contributed by atoms with Gasteiger partial charge in [-0.05, 0) is 42.4 Å². The zero-order chi connectivity index (χ0) is 12.1. The van der Waals surface area contributed by atoms with Crippen molar-refractivity contribution in [1.29, 1.82) is 0 Å². The molecular formula is C13H16O3S. The minimum absolute atomic E-state index is 0.0978. The monoisotopic (exact) mass is 252 g/mol. The largest absolute Gasteiger partial charge is 0.384 e. The molecule has 17 heavy (non-hydrogen) atoms. The van der Waals surface area contributed by atoms with Gasteiger partial charge in [-0.2, -0.15) is 0 Å². The third-order valence-corrected chi connectivity index (χ3v) is 5.66. The molecule has 4 heteroatoms. The number of fused-ring (bicyclic) bond motifs is 1. The number of sulfone groups is 1. The van der Waals surface area contributed by atoms with Crippen LogP contribution < -0.4 is 0 Å². The molecule has 1 N–H and O–H groups in total. The minimum Gasteiger partial charge on any atom is -0.384 e. The van der Waals surface area contributed by atoms with Gasteiger partial charge in [0.25, 0.3) is 0 Å². The van der Waals surface area contributed by atoms with E-state index in [4.69, 9.17) is 0 Å². The van der Waals surface area contributed by atoms with Crippen LogP contribution in [0.3, 0.4) is 0 Å². The number of aryl methyl sites for hydroxylation is 2. The van der Waals surface area contributed by atoms with Gasteiger partial charge in [-0.3, -0.25) is 0 Å². The van der Waals surface area contributed by atoms with E-state index in [0.29, 0.717) is 6.42 Å². The lowest BCUT2D eigenvalue weighted by Gasteiger charge is -2.22. The fraction of sp³-hybridized carbons (Fsp3) is 0.538. The molecular weight excluding hydrogens is 236 g/mol. The molecule has 1 aromatic carbocycles. The summed E-state index contributed by atoms with van der Waals surface area (Å²) in [5, 5.41) is 10.5. The highest BCUT2D eigenvalue weighted by Crippen LogP contribution is 2.35. The molecule has 0 saturated carbocycles. The van der Waals surface area contributed by atoms with Crippen molar-refractivity contribution in [2.45, 2.75) is 31.3 Å². The molecule has 1 aromatic rings. The summed E-state index contributed by atoms with van der Waals surface area (Å²) < 4.78 is 23.0. The number of hydrogen-bond donors (Lipinski definition) is 1. The number of hydrogen-bond acceptors (Lipinski definition) is 3. The van der Waals surface area contributed by atoms with Gasteiger partial charge in [0, 0.05) is 0 Å². The van der Waals surface area contributed by atoms with E-state index in [2.05, 4.69) is 0 Å². The molecule has 3 nitrogen and oxygen atoms in total. The number of rotatable bonds is 1. The second kappa shape index (κ2) is 3.56. The molecule has 92 valence electrons. The second-order valence-electron chi connectivity index (χ2n) is 5.21. The first kappa shape index (κ1) is 11.2. The van der Waals surface area contributed by atoms with E-state index in [1.165, 1.54) is 11.1 Å². The zero-order valence-corrected chi connectivity index (χ0v) is 10.5. The van der Waals surface area contributed by atoms with Crippen molar-refractivity contribution in [1.82, 2.24) is 0 Å². The summed E-state index contributed by atoms with van der Waals surface area (Å²) in [6.45, 7) is 0. The second-order valence-corrected chi connectivity index (χ2v) is 7.39. The normalized spacial score (nSPS) is 30.4. The van der Waals surface area contributed by atoms with Gasteiger partial charge in [0.2, 0.25) is 0 Å². The Labute approximate surface area is 101 Å². The molecule has 1 aliphatic carbocycles. The van der Waals surface area contributed by atoms with Gasteiger partial charge in [0.1, 0.15) is 5.60 Å². The fourth-order valence-corrected chi connectivity index (χ4v) is 4.75. The summed E-state index contributed by atoms with van der Waals surface area (Å²) in [6, 6.07) is 5.94. The fourth-order valence-electron chi connectivity index (χ4n) is 2.92. The number of benzene rings is 1. The maximum Gasteiger partial charge on any atom is 0.153 e. The molecule has 3 rings (SSSR count). The molecule has 0 bridgehead atoms. The predicted molar refractivity (Wildman–Crippen MR) is 65.6 cm³/mol. The van der Waals surface area contributed by atoms with Gasteiger partial charge in [-0.25, -0.2) is 8.42 Å². The summed E-state index contributed by atoms with van der Waals surface area (Å²) in [7, 11) is -3.07. The van der Waals surface area contributed by atoms with Gasteiger partial charge in [0.05, 0.1) is 11.5 Å². The average molecular weight is 252 g/mol. The van der Waals surface area contributed by atoms with Crippen LogP contribution in [-0.4, -0.2) is 25.0 Å². The third kappa shape index (κ3) is 1.89. The molecule has 0 amide bonds. The third-order valence-electron chi connectivity index (χ3n) is 3.92. The van der Waals surface area contributed by atoms with Crippen LogP contribution in [0.4, 0.5) is 0 Å². The first-order valence-corrected chi connectivity index (χ1v) is 7.86. The van der Waals surface area contributed by atoms with Crippen LogP contribution in [0.15, 0.2) is 18.2 Å². The van der Waals surface area contributed by atoms with Crippen LogP contribution in [0, 0.1) is 0 Å². The summed E-state index contributed by atoms with van der Waals surface area (Å²) in [6.07, 6.45) is 3.64. The Morgan fingerprint density at radius 3 is 2.65 bits per heavy atom. The van der Waals surface area contributed by atoms with Gasteiger partial charge in [-0.15, -0.1) is 0 Å². The quantitative estimate of drug-likeness (QED) is 0.816. The van der Waals surface area contributed by atoms with Crippen molar-refractivity contribution in [3.63, 3.8) is 0 Å². The van der Waals surface area contributed by atoms with Gasteiger partial charge < -0.3 is 5.11 Å². The van der Waals surface area contributed by atoms with E-state index in [1.54, 1.807) is 0 Å². The Balaban J connectivity index is 2.00. The van der Waals surface area contributed by atoms with E-state index in [0.717, 1.165) is 24.8 Å². The summed E-state index contributed by atoms with van der Waals surface area (Å²) in [5.74, 6) is -0.0284. The van der Waals surface area contributed by atoms with E-state index >= 15 is 0 Å². The highest BCUT2D eigenvalue weighted by atomic mass is 32.2. The van der Waals surface area contributed by atoms with E-state index in [1.807, 2.05) is 18.2 Å². The van der Waals surface area contributed by atoms with Crippen LogP contribution >= 0.6 is 0 Å². The summed E-state index contributed by atoms with van der Waals surface area (Å²) in [5.41, 5.74) is 2.24. The lowest BCUT2D eigenvalue weighted by Crippen LogP contribution is -2.27. The molecule has 0 radical (unpaired) electrons. The average Bonchev–Trinajstić information content (AvgIpc) is 2.82. The smallest absolute Gasteiger partial charge is 0.153 e. The van der Waals surface area contributed by atoms with Gasteiger partial charge >= 0.3 is 0 Å². The van der Waals surface area contributed by atoms with Crippen molar-refractivity contribution >= 4 is 9.84 Å². The van der Waals surface area contributed by atoms with Crippen molar-refractivity contribution in [3.05, 3.63) is 34.9 Å². The van der Waals surface area contributed by atoms with Gasteiger partial charge in [-0.1, -0.05) is 18.2 Å². The lowest BCUT2D eigenvalue weighted by molar-refractivity contribution is 0.0652. The summed E-state index contributed by atoms with van der Waals surface area (Å²) in [4.78, 5) is 0. The SMILES string of the molecule is O=S1(=O)CCC(O)(c2ccc3c(c2)CCC3)C1. The van der Waals surface area contributed by atoms with Crippen LogP contribution in [0.2, 0.25) is 0 Å². The van der Waals surface area contributed by atoms with Crippen LogP contribution in [-0.2, 0) is 28.3 Å².